The summed E-state index contributed by atoms with van der Waals surface area (Å²) in [5, 5.41) is 2.04. The number of hydrogen-bond acceptors (Lipinski definition) is 4. The number of thiophene rings is 1. The van der Waals surface area contributed by atoms with Gasteiger partial charge in [-0.2, -0.15) is 0 Å². The number of aromatic nitrogens is 1. The van der Waals surface area contributed by atoms with Crippen molar-refractivity contribution >= 4 is 17.2 Å². The highest BCUT2D eigenvalue weighted by Crippen LogP contribution is 2.18. The molecule has 1 fully saturated rings. The van der Waals surface area contributed by atoms with Crippen molar-refractivity contribution in [3.8, 4) is 0 Å². The van der Waals surface area contributed by atoms with Gasteiger partial charge in [-0.15, -0.1) is 11.3 Å². The fourth-order valence-electron chi connectivity index (χ4n) is 2.88. The summed E-state index contributed by atoms with van der Waals surface area (Å²) in [6.45, 7) is 1.95. The zero-order valence-corrected chi connectivity index (χ0v) is 13.7. The van der Waals surface area contributed by atoms with Gasteiger partial charge in [-0.3, -0.25) is 9.59 Å². The topological polar surface area (TPSA) is 62.4 Å². The number of nitrogens with one attached hydrogen (secondary N) is 1. The predicted octanol–water partition coefficient (Wildman–Crippen LogP) is 2.30. The summed E-state index contributed by atoms with van der Waals surface area (Å²) in [7, 11) is 0. The van der Waals surface area contributed by atoms with Gasteiger partial charge in [0.05, 0.1) is 0 Å². The van der Waals surface area contributed by atoms with E-state index in [9.17, 15) is 9.59 Å². The molecule has 0 bridgehead atoms. The van der Waals surface area contributed by atoms with Crippen LogP contribution in [0, 0.1) is 0 Å². The molecule has 6 heteroatoms. The molecule has 3 heterocycles. The van der Waals surface area contributed by atoms with Gasteiger partial charge in [0.15, 0.2) is 0 Å². The number of carbonyl (C=O) groups excluding carboxylic acids is 1. The minimum absolute atomic E-state index is 0.135. The second kappa shape index (κ2) is 7.57. The van der Waals surface area contributed by atoms with Gasteiger partial charge in [-0.1, -0.05) is 6.07 Å². The molecule has 23 heavy (non-hydrogen) atoms. The molecular formula is C17H20N2O3S. The Balaban J connectivity index is 1.80. The highest BCUT2D eigenvalue weighted by Gasteiger charge is 2.27. The lowest BCUT2D eigenvalue weighted by Gasteiger charge is -2.34. The largest absolute Gasteiger partial charge is 0.381 e. The molecule has 1 aliphatic heterocycles. The lowest BCUT2D eigenvalue weighted by atomic mass is 10.1. The maximum absolute atomic E-state index is 12.9. The average molecular weight is 332 g/mol. The molecule has 0 aliphatic carbocycles. The molecule has 0 aromatic carbocycles. The van der Waals surface area contributed by atoms with Crippen molar-refractivity contribution in [3.63, 3.8) is 0 Å². The van der Waals surface area contributed by atoms with E-state index in [1.165, 1.54) is 4.88 Å². The Kier molecular flexibility index (Phi) is 5.25. The number of aromatic amines is 1. The highest BCUT2D eigenvalue weighted by atomic mass is 32.1. The molecule has 0 unspecified atom stereocenters. The molecule has 1 N–H and O–H groups in total. The average Bonchev–Trinajstić information content (AvgIpc) is 3.10. The van der Waals surface area contributed by atoms with Crippen LogP contribution in [-0.4, -0.2) is 41.6 Å². The van der Waals surface area contributed by atoms with E-state index in [1.54, 1.807) is 29.7 Å². The van der Waals surface area contributed by atoms with Crippen LogP contribution in [-0.2, 0) is 11.2 Å². The molecule has 1 aliphatic rings. The number of H-pyrrole nitrogens is 1. The lowest BCUT2D eigenvalue weighted by Crippen LogP contribution is -2.45. The van der Waals surface area contributed by atoms with E-state index in [4.69, 9.17) is 4.74 Å². The predicted molar refractivity (Wildman–Crippen MR) is 90.0 cm³/mol. The summed E-state index contributed by atoms with van der Waals surface area (Å²) in [5.41, 5.74) is -0.115. The molecule has 0 atom stereocenters. The van der Waals surface area contributed by atoms with E-state index in [0.29, 0.717) is 19.8 Å². The second-order valence-electron chi connectivity index (χ2n) is 5.58. The van der Waals surface area contributed by atoms with Gasteiger partial charge in [0.2, 0.25) is 0 Å². The van der Waals surface area contributed by atoms with Crippen LogP contribution in [0.5, 0.6) is 0 Å². The third kappa shape index (κ3) is 3.89. The van der Waals surface area contributed by atoms with Gasteiger partial charge >= 0.3 is 0 Å². The Labute approximate surface area is 138 Å². The summed E-state index contributed by atoms with van der Waals surface area (Å²) in [6, 6.07) is 7.51. The van der Waals surface area contributed by atoms with Crippen LogP contribution < -0.4 is 5.56 Å². The second-order valence-corrected chi connectivity index (χ2v) is 6.62. The van der Waals surface area contributed by atoms with Crippen molar-refractivity contribution in [1.29, 1.82) is 0 Å². The van der Waals surface area contributed by atoms with E-state index >= 15 is 0 Å². The molecule has 0 radical (unpaired) electrons. The van der Waals surface area contributed by atoms with Crippen molar-refractivity contribution in [2.45, 2.75) is 25.3 Å². The van der Waals surface area contributed by atoms with E-state index in [1.807, 2.05) is 16.3 Å². The van der Waals surface area contributed by atoms with Crippen LogP contribution in [0.25, 0.3) is 0 Å². The Hall–Kier alpha value is -1.92. The van der Waals surface area contributed by atoms with Crippen molar-refractivity contribution in [1.82, 2.24) is 9.88 Å². The monoisotopic (exact) mass is 332 g/mol. The number of carbonyl (C=O) groups is 1. The number of rotatable bonds is 5. The minimum Gasteiger partial charge on any atom is -0.381 e. The van der Waals surface area contributed by atoms with Gasteiger partial charge in [0.1, 0.15) is 5.56 Å². The Morgan fingerprint density at radius 1 is 1.30 bits per heavy atom. The molecule has 3 rings (SSSR count). The molecule has 0 saturated carbocycles. The minimum atomic E-state index is -0.328. The van der Waals surface area contributed by atoms with Crippen molar-refractivity contribution < 1.29 is 9.53 Å². The van der Waals surface area contributed by atoms with E-state index in [-0.39, 0.29) is 23.1 Å². The van der Waals surface area contributed by atoms with Crippen LogP contribution in [0.15, 0.2) is 40.6 Å². The molecule has 5 nitrogen and oxygen atoms in total. The van der Waals surface area contributed by atoms with Crippen LogP contribution in [0.3, 0.4) is 0 Å². The summed E-state index contributed by atoms with van der Waals surface area (Å²) in [5.74, 6) is -0.185. The first-order chi connectivity index (χ1) is 11.3. The maximum atomic E-state index is 12.9. The molecular weight excluding hydrogens is 312 g/mol. The number of amides is 1. The number of pyridine rings is 1. The first kappa shape index (κ1) is 16.0. The maximum Gasteiger partial charge on any atom is 0.260 e. The SMILES string of the molecule is O=C(c1ccc[nH]c1=O)N(CCc1cccs1)C1CCOCC1. The third-order valence-corrected chi connectivity index (χ3v) is 5.06. The van der Waals surface area contributed by atoms with E-state index < -0.39 is 0 Å². The van der Waals surface area contributed by atoms with Gasteiger partial charge < -0.3 is 14.6 Å². The standard InChI is InChI=1S/C17H20N2O3S/c20-16-15(4-1-8-18-16)17(21)19(13-6-10-22-11-7-13)9-5-14-3-2-12-23-14/h1-4,8,12-13H,5-7,9-11H2,(H,18,20). The highest BCUT2D eigenvalue weighted by molar-refractivity contribution is 7.09. The number of hydrogen-bond donors (Lipinski definition) is 1. The van der Waals surface area contributed by atoms with Gasteiger partial charge in [-0.05, 0) is 42.8 Å². The third-order valence-electron chi connectivity index (χ3n) is 4.12. The summed E-state index contributed by atoms with van der Waals surface area (Å²) in [4.78, 5) is 30.5. The van der Waals surface area contributed by atoms with Crippen LogP contribution in [0.4, 0.5) is 0 Å². The molecule has 0 spiro atoms. The van der Waals surface area contributed by atoms with Crippen LogP contribution >= 0.6 is 11.3 Å². The fraction of sp³-hybridized carbons (Fsp3) is 0.412. The normalized spacial score (nSPS) is 15.5. The lowest BCUT2D eigenvalue weighted by molar-refractivity contribution is 0.0293. The molecule has 1 saturated heterocycles. The van der Waals surface area contributed by atoms with Crippen LogP contribution in [0.1, 0.15) is 28.1 Å². The summed E-state index contributed by atoms with van der Waals surface area (Å²) in [6.07, 6.45) is 4.00. The Bertz CT molecular complexity index is 690. The number of ether oxygens (including phenoxy) is 1. The van der Waals surface area contributed by atoms with E-state index in [2.05, 4.69) is 11.1 Å². The zero-order chi connectivity index (χ0) is 16.1. The Morgan fingerprint density at radius 3 is 2.83 bits per heavy atom. The summed E-state index contributed by atoms with van der Waals surface area (Å²) >= 11 is 1.69. The van der Waals surface area contributed by atoms with Gasteiger partial charge in [-0.25, -0.2) is 0 Å². The molecule has 1 amide bonds. The first-order valence-corrected chi connectivity index (χ1v) is 8.72. The van der Waals surface area contributed by atoms with E-state index in [0.717, 1.165) is 19.3 Å². The van der Waals surface area contributed by atoms with Gasteiger partial charge in [0, 0.05) is 36.9 Å². The Morgan fingerprint density at radius 2 is 2.13 bits per heavy atom. The molecule has 122 valence electrons. The molecule has 2 aromatic rings. The fourth-order valence-corrected chi connectivity index (χ4v) is 3.58. The quantitative estimate of drug-likeness (QED) is 0.914. The van der Waals surface area contributed by atoms with Crippen molar-refractivity contribution in [3.05, 3.63) is 56.6 Å². The van der Waals surface area contributed by atoms with Gasteiger partial charge in [0.25, 0.3) is 11.5 Å². The smallest absolute Gasteiger partial charge is 0.260 e. The van der Waals surface area contributed by atoms with Crippen LogP contribution in [0.2, 0.25) is 0 Å². The van der Waals surface area contributed by atoms with Crippen molar-refractivity contribution in [2.24, 2.45) is 0 Å². The zero-order valence-electron chi connectivity index (χ0n) is 12.9. The first-order valence-electron chi connectivity index (χ1n) is 7.84. The van der Waals surface area contributed by atoms with Crippen molar-refractivity contribution in [2.75, 3.05) is 19.8 Å². The number of nitrogens with zero attached hydrogens (tertiary/aromatic N) is 1. The summed E-state index contributed by atoms with van der Waals surface area (Å²) < 4.78 is 5.41. The molecule has 2 aromatic heterocycles.